The van der Waals surface area contributed by atoms with Crippen LogP contribution in [0.1, 0.15) is 0 Å². The number of para-hydroxylation sites is 1. The molecule has 0 amide bonds. The number of benzene rings is 2. The highest BCUT2D eigenvalue weighted by Crippen LogP contribution is 2.25. The molecule has 0 saturated carbocycles. The molecule has 0 aliphatic carbocycles. The predicted molar refractivity (Wildman–Crippen MR) is 96.4 cm³/mol. The van der Waals surface area contributed by atoms with Gasteiger partial charge in [-0.25, -0.2) is 13.4 Å². The molecule has 0 bridgehead atoms. The normalized spacial score (nSPS) is 15.9. The molecule has 2 heterocycles. The van der Waals surface area contributed by atoms with Crippen LogP contribution in [0.15, 0.2) is 65.6 Å². The van der Waals surface area contributed by atoms with Crippen molar-refractivity contribution in [2.75, 3.05) is 13.1 Å². The molecule has 1 aliphatic rings. The first kappa shape index (κ1) is 16.3. The lowest BCUT2D eigenvalue weighted by Gasteiger charge is -2.37. The summed E-state index contributed by atoms with van der Waals surface area (Å²) < 4.78 is 32.2. The van der Waals surface area contributed by atoms with E-state index in [-0.39, 0.29) is 11.0 Å². The van der Waals surface area contributed by atoms with Crippen molar-refractivity contribution in [3.8, 4) is 5.88 Å². The zero-order valence-electron chi connectivity index (χ0n) is 13.2. The van der Waals surface area contributed by atoms with Gasteiger partial charge in [0.1, 0.15) is 6.10 Å². The van der Waals surface area contributed by atoms with E-state index in [1.807, 2.05) is 30.3 Å². The third kappa shape index (κ3) is 3.20. The van der Waals surface area contributed by atoms with Crippen molar-refractivity contribution in [1.29, 1.82) is 0 Å². The molecule has 128 valence electrons. The van der Waals surface area contributed by atoms with Gasteiger partial charge in [0.05, 0.1) is 23.5 Å². The van der Waals surface area contributed by atoms with E-state index in [9.17, 15) is 8.42 Å². The van der Waals surface area contributed by atoms with Crippen LogP contribution in [0.25, 0.3) is 10.9 Å². The van der Waals surface area contributed by atoms with Gasteiger partial charge in [0.2, 0.25) is 15.9 Å². The van der Waals surface area contributed by atoms with Gasteiger partial charge < -0.3 is 4.74 Å². The Bertz CT molecular complexity index is 1020. The van der Waals surface area contributed by atoms with Gasteiger partial charge in [-0.15, -0.1) is 0 Å². The molecule has 4 rings (SSSR count). The molecule has 7 heteroatoms. The van der Waals surface area contributed by atoms with Gasteiger partial charge in [0.15, 0.2) is 0 Å². The first-order valence-corrected chi connectivity index (χ1v) is 9.62. The molecule has 3 aromatic rings. The highest BCUT2D eigenvalue weighted by atomic mass is 35.5. The van der Waals surface area contributed by atoms with Gasteiger partial charge in [-0.3, -0.25) is 0 Å². The van der Waals surface area contributed by atoms with E-state index in [1.54, 1.807) is 18.2 Å². The van der Waals surface area contributed by atoms with Crippen molar-refractivity contribution in [3.63, 3.8) is 0 Å². The van der Waals surface area contributed by atoms with Crippen molar-refractivity contribution in [1.82, 2.24) is 9.29 Å². The van der Waals surface area contributed by atoms with Crippen LogP contribution in [-0.2, 0) is 10.0 Å². The Kier molecular flexibility index (Phi) is 4.11. The molecule has 1 saturated heterocycles. The first-order chi connectivity index (χ1) is 12.0. The largest absolute Gasteiger partial charge is 0.472 e. The lowest BCUT2D eigenvalue weighted by molar-refractivity contribution is 0.0724. The number of sulfonamides is 1. The smallest absolute Gasteiger partial charge is 0.243 e. The van der Waals surface area contributed by atoms with E-state index in [4.69, 9.17) is 16.3 Å². The fraction of sp³-hybridized carbons (Fsp3) is 0.167. The average molecular weight is 375 g/mol. The number of aromatic nitrogens is 1. The predicted octanol–water partition coefficient (Wildman–Crippen LogP) is 3.34. The Balaban J connectivity index is 1.43. The molecular weight excluding hydrogens is 360 g/mol. The van der Waals surface area contributed by atoms with E-state index in [2.05, 4.69) is 4.98 Å². The standard InChI is InChI=1S/C18H15ClN2O3S/c19-14-6-8-16(9-7-14)25(22,23)21-11-15(12-21)24-18-10-5-13-3-1-2-4-17(13)20-18/h1-10,15H,11-12H2. The minimum Gasteiger partial charge on any atom is -0.472 e. The van der Waals surface area contributed by atoms with Crippen LogP contribution in [0.4, 0.5) is 0 Å². The van der Waals surface area contributed by atoms with Gasteiger partial charge in [-0.05, 0) is 36.4 Å². The first-order valence-electron chi connectivity index (χ1n) is 7.80. The van der Waals surface area contributed by atoms with E-state index in [0.29, 0.717) is 24.0 Å². The number of ether oxygens (including phenoxy) is 1. The number of rotatable bonds is 4. The minimum atomic E-state index is -3.50. The molecule has 0 unspecified atom stereocenters. The van der Waals surface area contributed by atoms with Crippen molar-refractivity contribution >= 4 is 32.5 Å². The summed E-state index contributed by atoms with van der Waals surface area (Å²) in [6, 6.07) is 17.7. The number of halogens is 1. The van der Waals surface area contributed by atoms with Crippen LogP contribution in [0.3, 0.4) is 0 Å². The topological polar surface area (TPSA) is 59.5 Å². The Hall–Kier alpha value is -2.15. The minimum absolute atomic E-state index is 0.198. The average Bonchev–Trinajstić information content (AvgIpc) is 2.58. The lowest BCUT2D eigenvalue weighted by Crippen LogP contribution is -2.56. The Morgan fingerprint density at radius 1 is 1.00 bits per heavy atom. The number of hydrogen-bond acceptors (Lipinski definition) is 4. The molecule has 0 radical (unpaired) electrons. The summed E-state index contributed by atoms with van der Waals surface area (Å²) in [5, 5.41) is 1.54. The molecule has 5 nitrogen and oxygen atoms in total. The molecular formula is C18H15ClN2O3S. The van der Waals surface area contributed by atoms with Crippen LogP contribution < -0.4 is 4.74 Å². The van der Waals surface area contributed by atoms with Crippen LogP contribution in [0, 0.1) is 0 Å². The highest BCUT2D eigenvalue weighted by Gasteiger charge is 2.38. The highest BCUT2D eigenvalue weighted by molar-refractivity contribution is 7.89. The van der Waals surface area contributed by atoms with E-state index < -0.39 is 10.0 Å². The Morgan fingerprint density at radius 2 is 1.72 bits per heavy atom. The third-order valence-electron chi connectivity index (χ3n) is 4.13. The molecule has 25 heavy (non-hydrogen) atoms. The zero-order chi connectivity index (χ0) is 17.4. The van der Waals surface area contributed by atoms with Crippen LogP contribution in [0.2, 0.25) is 5.02 Å². The molecule has 1 aromatic heterocycles. The van der Waals surface area contributed by atoms with Crippen molar-refractivity contribution in [2.24, 2.45) is 0 Å². The Morgan fingerprint density at radius 3 is 2.48 bits per heavy atom. The summed E-state index contributed by atoms with van der Waals surface area (Å²) in [5.41, 5.74) is 0.852. The number of pyridine rings is 1. The van der Waals surface area contributed by atoms with Crippen molar-refractivity contribution in [3.05, 3.63) is 65.7 Å². The van der Waals surface area contributed by atoms with Gasteiger partial charge in [-0.2, -0.15) is 4.31 Å². The summed E-state index contributed by atoms with van der Waals surface area (Å²) in [6.07, 6.45) is -0.198. The van der Waals surface area contributed by atoms with Crippen molar-refractivity contribution in [2.45, 2.75) is 11.0 Å². The number of hydrogen-bond donors (Lipinski definition) is 0. The second kappa shape index (κ2) is 6.29. The Labute approximate surface area is 150 Å². The summed E-state index contributed by atoms with van der Waals surface area (Å²) in [5.74, 6) is 0.507. The third-order valence-corrected chi connectivity index (χ3v) is 6.22. The van der Waals surface area contributed by atoms with Crippen LogP contribution >= 0.6 is 11.6 Å². The maximum Gasteiger partial charge on any atom is 0.243 e. The fourth-order valence-electron chi connectivity index (χ4n) is 2.71. The van der Waals surface area contributed by atoms with Crippen molar-refractivity contribution < 1.29 is 13.2 Å². The summed E-state index contributed by atoms with van der Waals surface area (Å²) in [6.45, 7) is 0.610. The molecule has 0 atom stereocenters. The monoisotopic (exact) mass is 374 g/mol. The van der Waals surface area contributed by atoms with Crippen LogP contribution in [0.5, 0.6) is 5.88 Å². The molecule has 0 spiro atoms. The summed E-state index contributed by atoms with van der Waals surface area (Å²) >= 11 is 5.81. The quantitative estimate of drug-likeness (QED) is 0.702. The second-order valence-corrected chi connectivity index (χ2v) is 8.23. The molecule has 2 aromatic carbocycles. The van der Waals surface area contributed by atoms with Gasteiger partial charge >= 0.3 is 0 Å². The van der Waals surface area contributed by atoms with Gasteiger partial charge in [-0.1, -0.05) is 29.8 Å². The van der Waals surface area contributed by atoms with Crippen LogP contribution in [-0.4, -0.2) is 36.9 Å². The maximum atomic E-state index is 12.5. The molecule has 1 fully saturated rings. The van der Waals surface area contributed by atoms with E-state index in [0.717, 1.165) is 10.9 Å². The molecule has 1 aliphatic heterocycles. The second-order valence-electron chi connectivity index (χ2n) is 5.86. The van der Waals surface area contributed by atoms with Gasteiger partial charge in [0, 0.05) is 16.5 Å². The van der Waals surface area contributed by atoms with E-state index >= 15 is 0 Å². The van der Waals surface area contributed by atoms with E-state index in [1.165, 1.54) is 16.4 Å². The molecule has 0 N–H and O–H groups in total. The SMILES string of the molecule is O=S(=O)(c1ccc(Cl)cc1)N1CC(Oc2ccc3ccccc3n2)C1. The maximum absolute atomic E-state index is 12.5. The van der Waals surface area contributed by atoms with Gasteiger partial charge in [0.25, 0.3) is 0 Å². The lowest BCUT2D eigenvalue weighted by atomic mass is 10.2. The number of nitrogens with zero attached hydrogens (tertiary/aromatic N) is 2. The number of fused-ring (bicyclic) bond motifs is 1. The fourth-order valence-corrected chi connectivity index (χ4v) is 4.34. The zero-order valence-corrected chi connectivity index (χ0v) is 14.7. The summed E-state index contributed by atoms with van der Waals surface area (Å²) in [7, 11) is -3.50. The summed E-state index contributed by atoms with van der Waals surface area (Å²) in [4.78, 5) is 4.68.